The lowest BCUT2D eigenvalue weighted by Crippen LogP contribution is -2.32. The quantitative estimate of drug-likeness (QED) is 0.599. The summed E-state index contributed by atoms with van der Waals surface area (Å²) in [4.78, 5) is 0. The SMILES string of the molecule is C=C[C@H](O)C(C)(C)C(C)C. The minimum Gasteiger partial charge on any atom is -0.388 e. The van der Waals surface area contributed by atoms with Crippen molar-refractivity contribution in [2.24, 2.45) is 11.3 Å². The molecule has 0 aromatic carbocycles. The Hall–Kier alpha value is -0.300. The van der Waals surface area contributed by atoms with Gasteiger partial charge < -0.3 is 5.11 Å². The van der Waals surface area contributed by atoms with Gasteiger partial charge in [-0.3, -0.25) is 0 Å². The predicted molar refractivity (Wildman–Crippen MR) is 44.8 cm³/mol. The summed E-state index contributed by atoms with van der Waals surface area (Å²) in [7, 11) is 0. The first-order chi connectivity index (χ1) is 4.42. The molecule has 60 valence electrons. The lowest BCUT2D eigenvalue weighted by molar-refractivity contribution is 0.0534. The summed E-state index contributed by atoms with van der Waals surface area (Å²) in [5.74, 6) is 0.473. The van der Waals surface area contributed by atoms with Crippen LogP contribution in [0.25, 0.3) is 0 Å². The average Bonchev–Trinajstić information content (AvgIpc) is 1.86. The van der Waals surface area contributed by atoms with Crippen LogP contribution in [0.4, 0.5) is 0 Å². The maximum Gasteiger partial charge on any atom is 0.0771 e. The van der Waals surface area contributed by atoms with Gasteiger partial charge in [0, 0.05) is 0 Å². The number of hydrogen-bond acceptors (Lipinski definition) is 1. The van der Waals surface area contributed by atoms with Crippen LogP contribution >= 0.6 is 0 Å². The topological polar surface area (TPSA) is 20.2 Å². The summed E-state index contributed by atoms with van der Waals surface area (Å²) in [5, 5.41) is 9.44. The zero-order valence-electron chi connectivity index (χ0n) is 7.39. The number of hydrogen-bond donors (Lipinski definition) is 1. The molecule has 0 aliphatic carbocycles. The Kier molecular flexibility index (Phi) is 3.10. The van der Waals surface area contributed by atoms with Gasteiger partial charge in [0.1, 0.15) is 0 Å². The molecule has 0 aliphatic heterocycles. The molecule has 0 rings (SSSR count). The molecule has 0 amide bonds. The Morgan fingerprint density at radius 2 is 1.80 bits per heavy atom. The first kappa shape index (κ1) is 9.70. The molecule has 1 N–H and O–H groups in total. The van der Waals surface area contributed by atoms with Crippen LogP contribution in [0.1, 0.15) is 27.7 Å². The molecule has 10 heavy (non-hydrogen) atoms. The minimum absolute atomic E-state index is 0.0538. The van der Waals surface area contributed by atoms with Crippen molar-refractivity contribution in [3.8, 4) is 0 Å². The van der Waals surface area contributed by atoms with E-state index in [-0.39, 0.29) is 5.41 Å². The van der Waals surface area contributed by atoms with Crippen LogP contribution in [0.3, 0.4) is 0 Å². The molecule has 0 aromatic heterocycles. The Morgan fingerprint density at radius 3 is 1.90 bits per heavy atom. The highest BCUT2D eigenvalue weighted by atomic mass is 16.3. The molecule has 0 fully saturated rings. The molecule has 0 unspecified atom stereocenters. The van der Waals surface area contributed by atoms with Gasteiger partial charge in [-0.15, -0.1) is 6.58 Å². The van der Waals surface area contributed by atoms with Crippen LogP contribution in [0.5, 0.6) is 0 Å². The maximum absolute atomic E-state index is 9.44. The lowest BCUT2D eigenvalue weighted by Gasteiger charge is -2.32. The summed E-state index contributed by atoms with van der Waals surface area (Å²) >= 11 is 0. The molecular formula is C9H18O. The molecule has 1 nitrogen and oxygen atoms in total. The normalized spacial score (nSPS) is 15.4. The first-order valence-electron chi connectivity index (χ1n) is 3.73. The third-order valence-electron chi connectivity index (χ3n) is 2.47. The van der Waals surface area contributed by atoms with E-state index in [1.54, 1.807) is 6.08 Å². The van der Waals surface area contributed by atoms with Crippen molar-refractivity contribution in [1.29, 1.82) is 0 Å². The van der Waals surface area contributed by atoms with Gasteiger partial charge in [-0.05, 0) is 11.3 Å². The lowest BCUT2D eigenvalue weighted by atomic mass is 9.76. The van der Waals surface area contributed by atoms with E-state index in [2.05, 4.69) is 20.4 Å². The minimum atomic E-state index is -0.396. The van der Waals surface area contributed by atoms with Crippen molar-refractivity contribution in [3.05, 3.63) is 12.7 Å². The second-order valence-electron chi connectivity index (χ2n) is 3.66. The molecule has 0 radical (unpaired) electrons. The van der Waals surface area contributed by atoms with Crippen LogP contribution in [0.15, 0.2) is 12.7 Å². The Balaban J connectivity index is 4.22. The van der Waals surface area contributed by atoms with Gasteiger partial charge in [0.05, 0.1) is 6.10 Å². The first-order valence-corrected chi connectivity index (χ1v) is 3.73. The van der Waals surface area contributed by atoms with E-state index in [4.69, 9.17) is 0 Å². The molecular weight excluding hydrogens is 124 g/mol. The standard InChI is InChI=1S/C9H18O/c1-6-8(10)9(4,5)7(2)3/h6-8,10H,1H2,2-5H3/t8-/m0/s1. The molecule has 0 bridgehead atoms. The zero-order valence-corrected chi connectivity index (χ0v) is 7.39. The van der Waals surface area contributed by atoms with Crippen molar-refractivity contribution < 1.29 is 5.11 Å². The van der Waals surface area contributed by atoms with E-state index in [1.807, 2.05) is 13.8 Å². The van der Waals surface area contributed by atoms with Crippen LogP contribution < -0.4 is 0 Å². The average molecular weight is 142 g/mol. The summed E-state index contributed by atoms with van der Waals surface area (Å²) in [6.07, 6.45) is 1.20. The number of aliphatic hydroxyl groups is 1. The van der Waals surface area contributed by atoms with Crippen molar-refractivity contribution in [2.75, 3.05) is 0 Å². The molecule has 0 spiro atoms. The highest BCUT2D eigenvalue weighted by Crippen LogP contribution is 2.30. The van der Waals surface area contributed by atoms with Gasteiger partial charge in [-0.1, -0.05) is 33.8 Å². The molecule has 1 atom stereocenters. The van der Waals surface area contributed by atoms with Gasteiger partial charge in [-0.2, -0.15) is 0 Å². The second kappa shape index (κ2) is 3.20. The Labute approximate surface area is 63.8 Å². The van der Waals surface area contributed by atoms with E-state index in [0.717, 1.165) is 0 Å². The van der Waals surface area contributed by atoms with Crippen LogP contribution in [-0.2, 0) is 0 Å². The summed E-state index contributed by atoms with van der Waals surface area (Å²) in [5.41, 5.74) is -0.0538. The van der Waals surface area contributed by atoms with Crippen molar-refractivity contribution in [1.82, 2.24) is 0 Å². The van der Waals surface area contributed by atoms with E-state index in [0.29, 0.717) is 5.92 Å². The summed E-state index contributed by atoms with van der Waals surface area (Å²) in [6.45, 7) is 11.9. The fraction of sp³-hybridized carbons (Fsp3) is 0.778. The summed E-state index contributed by atoms with van der Waals surface area (Å²) in [6, 6.07) is 0. The van der Waals surface area contributed by atoms with Gasteiger partial charge in [-0.25, -0.2) is 0 Å². The monoisotopic (exact) mass is 142 g/mol. The van der Waals surface area contributed by atoms with Gasteiger partial charge in [0.25, 0.3) is 0 Å². The van der Waals surface area contributed by atoms with Crippen molar-refractivity contribution >= 4 is 0 Å². The van der Waals surface area contributed by atoms with Crippen LogP contribution in [-0.4, -0.2) is 11.2 Å². The van der Waals surface area contributed by atoms with Gasteiger partial charge >= 0.3 is 0 Å². The van der Waals surface area contributed by atoms with Crippen molar-refractivity contribution in [2.45, 2.75) is 33.8 Å². The fourth-order valence-electron chi connectivity index (χ4n) is 0.645. The zero-order chi connectivity index (χ0) is 8.36. The maximum atomic E-state index is 9.44. The molecule has 1 heteroatoms. The van der Waals surface area contributed by atoms with E-state index >= 15 is 0 Å². The molecule has 0 aromatic rings. The predicted octanol–water partition coefficient (Wildman–Crippen LogP) is 2.22. The third kappa shape index (κ3) is 1.84. The van der Waals surface area contributed by atoms with Crippen molar-refractivity contribution in [3.63, 3.8) is 0 Å². The number of aliphatic hydroxyl groups excluding tert-OH is 1. The van der Waals surface area contributed by atoms with Gasteiger partial charge in [0.2, 0.25) is 0 Å². The van der Waals surface area contributed by atoms with Crippen LogP contribution in [0, 0.1) is 11.3 Å². The Morgan fingerprint density at radius 1 is 1.40 bits per heavy atom. The fourth-order valence-corrected chi connectivity index (χ4v) is 0.645. The third-order valence-corrected chi connectivity index (χ3v) is 2.47. The Bertz CT molecular complexity index is 114. The highest BCUT2D eigenvalue weighted by Gasteiger charge is 2.28. The molecule has 0 saturated heterocycles. The van der Waals surface area contributed by atoms with E-state index in [9.17, 15) is 5.11 Å². The molecule has 0 aliphatic rings. The van der Waals surface area contributed by atoms with E-state index in [1.165, 1.54) is 0 Å². The molecule has 0 saturated carbocycles. The highest BCUT2D eigenvalue weighted by molar-refractivity contribution is 4.91. The van der Waals surface area contributed by atoms with Gasteiger partial charge in [0.15, 0.2) is 0 Å². The summed E-state index contributed by atoms with van der Waals surface area (Å²) < 4.78 is 0. The molecule has 0 heterocycles. The van der Waals surface area contributed by atoms with E-state index < -0.39 is 6.10 Å². The van der Waals surface area contributed by atoms with Crippen LogP contribution in [0.2, 0.25) is 0 Å². The smallest absolute Gasteiger partial charge is 0.0771 e. The second-order valence-corrected chi connectivity index (χ2v) is 3.66. The number of rotatable bonds is 3. The largest absolute Gasteiger partial charge is 0.388 e.